The van der Waals surface area contributed by atoms with E-state index < -0.39 is 6.67 Å². The number of allylic oxidation sites excluding steroid dienone is 1. The Balaban J connectivity index is 2.13. The molecule has 0 saturated carbocycles. The molecule has 5 nitrogen and oxygen atoms in total. The fourth-order valence-corrected chi connectivity index (χ4v) is 1.48. The SMILES string of the molecule is CCCCNC(=O)CCC1=CN(CCF)NN1. The highest BCUT2D eigenvalue weighted by Crippen LogP contribution is 2.06. The number of unbranched alkanes of at least 4 members (excludes halogenated alkanes) is 1. The normalized spacial score (nSPS) is 14.5. The Morgan fingerprint density at radius 2 is 2.41 bits per heavy atom. The van der Waals surface area contributed by atoms with E-state index >= 15 is 0 Å². The first kappa shape index (κ1) is 13.8. The van der Waals surface area contributed by atoms with Crippen molar-refractivity contribution >= 4 is 5.91 Å². The maximum absolute atomic E-state index is 12.1. The standard InChI is InChI=1S/C11H21FN4O/c1-2-3-7-13-11(17)5-4-10-9-16(8-6-12)15-14-10/h9,14-15H,2-8H2,1H3,(H,13,17). The molecule has 0 aromatic rings. The van der Waals surface area contributed by atoms with Gasteiger partial charge in [-0.25, -0.2) is 4.39 Å². The van der Waals surface area contributed by atoms with Crippen LogP contribution in [0.15, 0.2) is 11.9 Å². The van der Waals surface area contributed by atoms with Crippen LogP contribution in [0.5, 0.6) is 0 Å². The number of nitrogens with one attached hydrogen (secondary N) is 3. The Bertz CT molecular complexity index is 270. The van der Waals surface area contributed by atoms with Crippen LogP contribution in [0.1, 0.15) is 32.6 Å². The lowest BCUT2D eigenvalue weighted by Crippen LogP contribution is -2.37. The van der Waals surface area contributed by atoms with E-state index in [0.717, 1.165) is 25.1 Å². The molecular formula is C11H21FN4O. The number of carbonyl (C=O) groups excluding carboxylic acids is 1. The minimum absolute atomic E-state index is 0.0603. The van der Waals surface area contributed by atoms with E-state index in [2.05, 4.69) is 23.2 Å². The lowest BCUT2D eigenvalue weighted by atomic mass is 10.2. The molecule has 98 valence electrons. The molecule has 1 aliphatic rings. The highest BCUT2D eigenvalue weighted by atomic mass is 19.1. The summed E-state index contributed by atoms with van der Waals surface area (Å²) >= 11 is 0. The van der Waals surface area contributed by atoms with Gasteiger partial charge in [0, 0.05) is 24.9 Å². The molecule has 1 heterocycles. The summed E-state index contributed by atoms with van der Waals surface area (Å²) in [7, 11) is 0. The minimum atomic E-state index is -0.407. The third-order valence-corrected chi connectivity index (χ3v) is 2.47. The fourth-order valence-electron chi connectivity index (χ4n) is 1.48. The number of nitrogens with zero attached hydrogens (tertiary/aromatic N) is 1. The van der Waals surface area contributed by atoms with Gasteiger partial charge in [0.2, 0.25) is 5.91 Å². The van der Waals surface area contributed by atoms with Gasteiger partial charge in [0.1, 0.15) is 6.67 Å². The molecule has 0 atom stereocenters. The number of halogens is 1. The zero-order valence-electron chi connectivity index (χ0n) is 10.3. The molecule has 0 spiro atoms. The molecule has 0 bridgehead atoms. The van der Waals surface area contributed by atoms with E-state index in [4.69, 9.17) is 0 Å². The van der Waals surface area contributed by atoms with Crippen molar-refractivity contribution in [1.82, 2.24) is 21.3 Å². The molecule has 3 N–H and O–H groups in total. The molecule has 0 unspecified atom stereocenters. The van der Waals surface area contributed by atoms with Gasteiger partial charge in [0.05, 0.1) is 6.54 Å². The molecule has 6 heteroatoms. The second-order valence-corrected chi connectivity index (χ2v) is 3.98. The van der Waals surface area contributed by atoms with Crippen molar-refractivity contribution in [2.75, 3.05) is 19.8 Å². The quantitative estimate of drug-likeness (QED) is 0.553. The third-order valence-electron chi connectivity index (χ3n) is 2.47. The summed E-state index contributed by atoms with van der Waals surface area (Å²) in [6.07, 6.45) is 4.97. The van der Waals surface area contributed by atoms with E-state index in [-0.39, 0.29) is 5.91 Å². The predicted molar refractivity (Wildman–Crippen MR) is 64.2 cm³/mol. The summed E-state index contributed by atoms with van der Waals surface area (Å²) in [5.41, 5.74) is 6.61. The molecule has 1 amide bonds. The van der Waals surface area contributed by atoms with Crippen molar-refractivity contribution in [1.29, 1.82) is 0 Å². The van der Waals surface area contributed by atoms with Crippen LogP contribution in [0.25, 0.3) is 0 Å². The molecular weight excluding hydrogens is 223 g/mol. The van der Waals surface area contributed by atoms with Crippen LogP contribution < -0.4 is 16.3 Å². The van der Waals surface area contributed by atoms with Gasteiger partial charge in [0.15, 0.2) is 0 Å². The van der Waals surface area contributed by atoms with E-state index in [9.17, 15) is 9.18 Å². The van der Waals surface area contributed by atoms with Gasteiger partial charge in [-0.1, -0.05) is 13.3 Å². The molecule has 0 radical (unpaired) electrons. The fraction of sp³-hybridized carbons (Fsp3) is 0.727. The molecule has 0 saturated heterocycles. The van der Waals surface area contributed by atoms with Crippen LogP contribution in [0.4, 0.5) is 4.39 Å². The lowest BCUT2D eigenvalue weighted by Gasteiger charge is -2.11. The topological polar surface area (TPSA) is 56.4 Å². The van der Waals surface area contributed by atoms with Gasteiger partial charge >= 0.3 is 0 Å². The number of hydrogen-bond acceptors (Lipinski definition) is 4. The smallest absolute Gasteiger partial charge is 0.220 e. The second-order valence-electron chi connectivity index (χ2n) is 3.98. The van der Waals surface area contributed by atoms with Crippen molar-refractivity contribution in [3.8, 4) is 0 Å². The summed E-state index contributed by atoms with van der Waals surface area (Å²) in [4.78, 5) is 11.4. The van der Waals surface area contributed by atoms with E-state index in [0.29, 0.717) is 19.4 Å². The van der Waals surface area contributed by atoms with Crippen LogP contribution in [0.3, 0.4) is 0 Å². The Morgan fingerprint density at radius 1 is 1.59 bits per heavy atom. The average molecular weight is 244 g/mol. The van der Waals surface area contributed by atoms with Gasteiger partial charge in [-0.3, -0.25) is 9.80 Å². The Morgan fingerprint density at radius 3 is 3.12 bits per heavy atom. The first-order chi connectivity index (χ1) is 8.26. The molecule has 1 rings (SSSR count). The summed E-state index contributed by atoms with van der Waals surface area (Å²) in [5.74, 6) is 0.0603. The highest BCUT2D eigenvalue weighted by Gasteiger charge is 2.11. The van der Waals surface area contributed by atoms with Crippen LogP contribution in [0, 0.1) is 0 Å². The van der Waals surface area contributed by atoms with Gasteiger partial charge in [-0.05, 0) is 12.8 Å². The molecule has 0 aliphatic carbocycles. The van der Waals surface area contributed by atoms with E-state index in [1.165, 1.54) is 0 Å². The number of hydrogen-bond donors (Lipinski definition) is 3. The third kappa shape index (κ3) is 5.53. The van der Waals surface area contributed by atoms with Gasteiger partial charge in [-0.15, -0.1) is 5.53 Å². The second kappa shape index (κ2) is 7.89. The van der Waals surface area contributed by atoms with Crippen molar-refractivity contribution in [3.63, 3.8) is 0 Å². The Labute approximate surface area is 101 Å². The number of amides is 1. The molecule has 0 aromatic carbocycles. The zero-order chi connectivity index (χ0) is 12.5. The maximum Gasteiger partial charge on any atom is 0.220 e. The van der Waals surface area contributed by atoms with Crippen molar-refractivity contribution in [3.05, 3.63) is 11.9 Å². The van der Waals surface area contributed by atoms with Crippen LogP contribution in [0.2, 0.25) is 0 Å². The minimum Gasteiger partial charge on any atom is -0.356 e. The molecule has 0 aromatic heterocycles. The summed E-state index contributed by atoms with van der Waals surface area (Å²) in [6, 6.07) is 0. The molecule has 0 fully saturated rings. The van der Waals surface area contributed by atoms with Gasteiger partial charge in [0.25, 0.3) is 0 Å². The van der Waals surface area contributed by atoms with Gasteiger partial charge in [-0.2, -0.15) is 0 Å². The van der Waals surface area contributed by atoms with Gasteiger partial charge < -0.3 is 10.7 Å². The van der Waals surface area contributed by atoms with Crippen LogP contribution in [-0.2, 0) is 4.79 Å². The Kier molecular flexibility index (Phi) is 6.39. The van der Waals surface area contributed by atoms with Crippen molar-refractivity contribution in [2.24, 2.45) is 0 Å². The monoisotopic (exact) mass is 244 g/mol. The average Bonchev–Trinajstić information content (AvgIpc) is 2.75. The van der Waals surface area contributed by atoms with Crippen molar-refractivity contribution in [2.45, 2.75) is 32.6 Å². The molecule has 17 heavy (non-hydrogen) atoms. The number of rotatable bonds is 8. The Hall–Kier alpha value is -1.30. The van der Waals surface area contributed by atoms with Crippen LogP contribution in [-0.4, -0.2) is 30.7 Å². The largest absolute Gasteiger partial charge is 0.356 e. The first-order valence-corrected chi connectivity index (χ1v) is 6.08. The number of hydrazine groups is 2. The number of alkyl halides is 1. The van der Waals surface area contributed by atoms with Crippen LogP contribution >= 0.6 is 0 Å². The van der Waals surface area contributed by atoms with E-state index in [1.54, 1.807) is 11.2 Å². The lowest BCUT2D eigenvalue weighted by molar-refractivity contribution is -0.121. The predicted octanol–water partition coefficient (Wildman–Crippen LogP) is 0.819. The summed E-state index contributed by atoms with van der Waals surface area (Å²) in [6.45, 7) is 2.73. The maximum atomic E-state index is 12.1. The first-order valence-electron chi connectivity index (χ1n) is 6.08. The summed E-state index contributed by atoms with van der Waals surface area (Å²) in [5, 5.41) is 4.49. The zero-order valence-corrected chi connectivity index (χ0v) is 10.3. The number of carbonyl (C=O) groups is 1. The van der Waals surface area contributed by atoms with Crippen molar-refractivity contribution < 1.29 is 9.18 Å². The van der Waals surface area contributed by atoms with E-state index in [1.807, 2.05) is 0 Å². The molecule has 1 aliphatic heterocycles. The highest BCUT2D eigenvalue weighted by molar-refractivity contribution is 5.76. The summed E-state index contributed by atoms with van der Waals surface area (Å²) < 4.78 is 12.1.